The van der Waals surface area contributed by atoms with E-state index in [1.54, 1.807) is 0 Å². The smallest absolute Gasteiger partial charge is 0.107 e. The fourth-order valence-electron chi connectivity index (χ4n) is 4.01. The number of allylic oxidation sites excluding steroid dienone is 1. The lowest BCUT2D eigenvalue weighted by Gasteiger charge is -2.14. The van der Waals surface area contributed by atoms with Gasteiger partial charge in [-0.25, -0.2) is 4.98 Å². The number of aliphatic imine (C=N–C) groups is 1. The summed E-state index contributed by atoms with van der Waals surface area (Å²) in [6.07, 6.45) is 6.82. The average molecular weight is 414 g/mol. The van der Waals surface area contributed by atoms with Gasteiger partial charge in [-0.05, 0) is 74.9 Å². The van der Waals surface area contributed by atoms with Crippen molar-refractivity contribution < 1.29 is 0 Å². The number of aromatic nitrogens is 2. The van der Waals surface area contributed by atoms with Gasteiger partial charge in [-0.1, -0.05) is 56.7 Å². The zero-order valence-electron chi connectivity index (χ0n) is 19.7. The van der Waals surface area contributed by atoms with E-state index >= 15 is 0 Å². The van der Waals surface area contributed by atoms with Gasteiger partial charge in [-0.2, -0.15) is 0 Å². The molecule has 3 aromatic rings. The van der Waals surface area contributed by atoms with Crippen LogP contribution in [0, 0.1) is 13.8 Å². The average Bonchev–Trinajstić information content (AvgIpc) is 3.07. The Hall–Kier alpha value is -2.94. The van der Waals surface area contributed by atoms with Crippen molar-refractivity contribution in [2.75, 3.05) is 0 Å². The molecule has 3 heteroatoms. The third-order valence-electron chi connectivity index (χ3n) is 5.73. The lowest BCUT2D eigenvalue weighted by Crippen LogP contribution is -2.05. The second kappa shape index (κ2) is 10.4. The van der Waals surface area contributed by atoms with Crippen LogP contribution in [-0.4, -0.2) is 15.8 Å². The number of rotatable bonds is 9. The second-order valence-electron chi connectivity index (χ2n) is 8.38. The monoisotopic (exact) mass is 413 g/mol. The molecule has 0 saturated carbocycles. The minimum absolute atomic E-state index is 0.796. The molecule has 31 heavy (non-hydrogen) atoms. The van der Waals surface area contributed by atoms with E-state index in [-0.39, 0.29) is 0 Å². The predicted molar refractivity (Wildman–Crippen MR) is 134 cm³/mol. The van der Waals surface area contributed by atoms with E-state index in [0.717, 1.165) is 52.6 Å². The van der Waals surface area contributed by atoms with Gasteiger partial charge in [-0.15, -0.1) is 0 Å². The van der Waals surface area contributed by atoms with E-state index in [0.29, 0.717) is 0 Å². The molecule has 0 aliphatic carbocycles. The topological polar surface area (TPSA) is 30.2 Å². The minimum atomic E-state index is 0.796. The highest BCUT2D eigenvalue weighted by atomic mass is 15.1. The molecule has 0 aliphatic rings. The molecule has 0 unspecified atom stereocenters. The van der Waals surface area contributed by atoms with Crippen LogP contribution in [0.1, 0.15) is 68.2 Å². The largest absolute Gasteiger partial charge is 0.323 e. The molecule has 0 saturated heterocycles. The van der Waals surface area contributed by atoms with Crippen molar-refractivity contribution >= 4 is 17.5 Å². The van der Waals surface area contributed by atoms with Gasteiger partial charge < -0.3 is 4.57 Å². The van der Waals surface area contributed by atoms with E-state index in [1.807, 2.05) is 20.1 Å². The Labute approximate surface area is 187 Å². The summed E-state index contributed by atoms with van der Waals surface area (Å²) in [5.41, 5.74) is 9.11. The summed E-state index contributed by atoms with van der Waals surface area (Å²) in [5.74, 6) is 1.01. The Balaban J connectivity index is 1.96. The van der Waals surface area contributed by atoms with Crippen LogP contribution in [0.4, 0.5) is 5.69 Å². The standard InChI is InChI=1S/C28H35N3/c1-7-9-10-11-23-12-14-24(15-13-23)19-31-22(6)30-27(20(3)4)28(31)25-16-17-26(29-8-2)21(5)18-25/h8,12-18H,3,7,9-11,19H2,1-2,4-6H3. The number of aryl methyl sites for hydroxylation is 3. The summed E-state index contributed by atoms with van der Waals surface area (Å²) in [7, 11) is 0. The van der Waals surface area contributed by atoms with Crippen LogP contribution in [-0.2, 0) is 13.0 Å². The number of unbranched alkanes of at least 4 members (excludes halogenated alkanes) is 2. The Morgan fingerprint density at radius 3 is 2.39 bits per heavy atom. The van der Waals surface area contributed by atoms with Crippen LogP contribution in [0.5, 0.6) is 0 Å². The zero-order valence-corrected chi connectivity index (χ0v) is 19.7. The van der Waals surface area contributed by atoms with Crippen molar-refractivity contribution in [2.24, 2.45) is 4.99 Å². The highest BCUT2D eigenvalue weighted by Gasteiger charge is 2.18. The summed E-state index contributed by atoms with van der Waals surface area (Å²) in [6.45, 7) is 15.4. The Morgan fingerprint density at radius 2 is 1.77 bits per heavy atom. The summed E-state index contributed by atoms with van der Waals surface area (Å²) in [6, 6.07) is 15.5. The quantitative estimate of drug-likeness (QED) is 0.261. The first-order valence-electron chi connectivity index (χ1n) is 11.3. The molecular formula is C28H35N3. The zero-order chi connectivity index (χ0) is 22.4. The maximum atomic E-state index is 4.87. The van der Waals surface area contributed by atoms with Gasteiger partial charge in [0.25, 0.3) is 0 Å². The van der Waals surface area contributed by atoms with E-state index in [1.165, 1.54) is 30.4 Å². The van der Waals surface area contributed by atoms with E-state index in [2.05, 4.69) is 79.4 Å². The van der Waals surface area contributed by atoms with Crippen LogP contribution in [0.2, 0.25) is 0 Å². The van der Waals surface area contributed by atoms with Gasteiger partial charge >= 0.3 is 0 Å². The van der Waals surface area contributed by atoms with E-state index < -0.39 is 0 Å². The molecule has 162 valence electrons. The van der Waals surface area contributed by atoms with Gasteiger partial charge in [0.05, 0.1) is 17.1 Å². The summed E-state index contributed by atoms with van der Waals surface area (Å²) in [4.78, 5) is 9.34. The van der Waals surface area contributed by atoms with Crippen LogP contribution in [0.15, 0.2) is 54.0 Å². The number of hydrogen-bond acceptors (Lipinski definition) is 2. The van der Waals surface area contributed by atoms with E-state index in [4.69, 9.17) is 4.98 Å². The number of nitrogens with zero attached hydrogens (tertiary/aromatic N) is 3. The van der Waals surface area contributed by atoms with Gasteiger partial charge in [0.1, 0.15) is 5.82 Å². The molecule has 0 amide bonds. The minimum Gasteiger partial charge on any atom is -0.323 e. The Morgan fingerprint density at radius 1 is 1.06 bits per heavy atom. The fraction of sp³-hybridized carbons (Fsp3) is 0.357. The van der Waals surface area contributed by atoms with Crippen LogP contribution in [0.3, 0.4) is 0 Å². The van der Waals surface area contributed by atoms with Crippen molar-refractivity contribution in [1.82, 2.24) is 9.55 Å². The summed E-state index contributed by atoms with van der Waals surface area (Å²) in [5, 5.41) is 0. The van der Waals surface area contributed by atoms with E-state index in [9.17, 15) is 0 Å². The van der Waals surface area contributed by atoms with Crippen molar-refractivity contribution in [1.29, 1.82) is 0 Å². The SMILES string of the molecule is C=C(C)c1nc(C)n(Cc2ccc(CCCCC)cc2)c1-c1ccc(N=CC)c(C)c1. The Kier molecular flexibility index (Phi) is 7.62. The molecule has 0 bridgehead atoms. The van der Waals surface area contributed by atoms with Crippen LogP contribution < -0.4 is 0 Å². The molecule has 1 aromatic heterocycles. The molecule has 3 nitrogen and oxygen atoms in total. The molecule has 0 radical (unpaired) electrons. The van der Waals surface area contributed by atoms with Gasteiger partial charge in [0.2, 0.25) is 0 Å². The molecule has 2 aromatic carbocycles. The number of hydrogen-bond donors (Lipinski definition) is 0. The maximum absolute atomic E-state index is 4.87. The first-order chi connectivity index (χ1) is 14.9. The van der Waals surface area contributed by atoms with Gasteiger partial charge in [-0.3, -0.25) is 4.99 Å². The molecule has 0 fully saturated rings. The highest BCUT2D eigenvalue weighted by molar-refractivity contribution is 5.77. The van der Waals surface area contributed by atoms with Gasteiger partial charge in [0.15, 0.2) is 0 Å². The lowest BCUT2D eigenvalue weighted by atomic mass is 10.0. The van der Waals surface area contributed by atoms with Crippen molar-refractivity contribution in [3.8, 4) is 11.3 Å². The summed E-state index contributed by atoms with van der Waals surface area (Å²) >= 11 is 0. The van der Waals surface area contributed by atoms with Crippen molar-refractivity contribution in [3.05, 3.63) is 77.3 Å². The first-order valence-corrected chi connectivity index (χ1v) is 11.3. The molecule has 0 spiro atoms. The predicted octanol–water partition coefficient (Wildman–Crippen LogP) is 7.70. The third kappa shape index (κ3) is 5.41. The molecule has 3 rings (SSSR count). The van der Waals surface area contributed by atoms with Gasteiger partial charge in [0, 0.05) is 18.3 Å². The van der Waals surface area contributed by atoms with Crippen LogP contribution >= 0.6 is 0 Å². The molecule has 0 N–H and O–H groups in total. The molecule has 1 heterocycles. The summed E-state index contributed by atoms with van der Waals surface area (Å²) < 4.78 is 2.31. The highest BCUT2D eigenvalue weighted by Crippen LogP contribution is 2.33. The normalized spacial score (nSPS) is 11.4. The second-order valence-corrected chi connectivity index (χ2v) is 8.38. The van der Waals surface area contributed by atoms with Crippen LogP contribution in [0.25, 0.3) is 16.8 Å². The van der Waals surface area contributed by atoms with Crippen molar-refractivity contribution in [3.63, 3.8) is 0 Å². The molecule has 0 aliphatic heterocycles. The lowest BCUT2D eigenvalue weighted by molar-refractivity contribution is 0.716. The molecular weight excluding hydrogens is 378 g/mol. The number of benzene rings is 2. The Bertz CT molecular complexity index is 1070. The fourth-order valence-corrected chi connectivity index (χ4v) is 4.01. The van der Waals surface area contributed by atoms with Crippen molar-refractivity contribution in [2.45, 2.75) is 66.8 Å². The maximum Gasteiger partial charge on any atom is 0.107 e. The molecule has 0 atom stereocenters. The first kappa shape index (κ1) is 22.7. The number of imidazole rings is 1. The third-order valence-corrected chi connectivity index (χ3v) is 5.73.